The third-order valence-electron chi connectivity index (χ3n) is 8.65. The number of hydrogen-bond donors (Lipinski definition) is 4. The maximum atomic E-state index is 14.1. The third-order valence-corrected chi connectivity index (χ3v) is 8.65. The Morgan fingerprint density at radius 3 is 2.22 bits per heavy atom. The van der Waals surface area contributed by atoms with Gasteiger partial charge in [0.15, 0.2) is 0 Å². The largest absolute Gasteiger partial charge is 0.480 e. The molecule has 3 fully saturated rings. The molecule has 4 amide bonds. The monoisotopic (exact) mass is 578 g/mol. The molecule has 2 aliphatic carbocycles. The molecule has 12 nitrogen and oxygen atoms in total. The Labute approximate surface area is 241 Å². The lowest BCUT2D eigenvalue weighted by molar-refractivity contribution is -0.145. The zero-order valence-corrected chi connectivity index (χ0v) is 25.1. The SMILES string of the molecule is CCCC(NC(=O)[C@@H]1C2C(CN1C(=O)[C@@H](NC(=O)OC(C)(C)C)C1CCCCC1)C2(C)C)C(=O)C(=O)NCC(=O)O. The Balaban J connectivity index is 1.83. The number of likely N-dealkylation sites (tertiary alicyclic amines) is 1. The minimum absolute atomic E-state index is 0.0786. The number of carboxylic acids is 1. The van der Waals surface area contributed by atoms with Gasteiger partial charge in [0, 0.05) is 6.54 Å². The van der Waals surface area contributed by atoms with Crippen molar-refractivity contribution in [1.29, 1.82) is 0 Å². The van der Waals surface area contributed by atoms with Crippen molar-refractivity contribution in [2.45, 2.75) is 110 Å². The van der Waals surface area contributed by atoms with Crippen molar-refractivity contribution in [3.63, 3.8) is 0 Å². The average Bonchev–Trinajstić information content (AvgIpc) is 3.21. The maximum absolute atomic E-state index is 14.1. The standard InChI is InChI=1S/C29H46N4O8/c1-7-11-18(23(36)25(38)30-14-19(34)35)31-24(37)22-20-17(29(20,5)6)15-33(22)26(39)21(16-12-9-8-10-13-16)32-27(40)41-28(2,3)4/h16-18,20-22H,7-15H2,1-6H3,(H,30,38)(H,31,37)(H,32,40)(H,34,35)/t17?,18?,20?,21-,22-/m0/s1. The number of amides is 4. The molecule has 2 saturated carbocycles. The molecule has 230 valence electrons. The van der Waals surface area contributed by atoms with Gasteiger partial charge in [-0.3, -0.25) is 24.0 Å². The summed E-state index contributed by atoms with van der Waals surface area (Å²) in [7, 11) is 0. The van der Waals surface area contributed by atoms with E-state index in [0.717, 1.165) is 32.1 Å². The molecule has 12 heteroatoms. The Bertz CT molecular complexity index is 1050. The van der Waals surface area contributed by atoms with E-state index in [9.17, 15) is 28.8 Å². The van der Waals surface area contributed by atoms with Gasteiger partial charge < -0.3 is 30.7 Å². The van der Waals surface area contributed by atoms with Gasteiger partial charge in [-0.1, -0.05) is 46.5 Å². The second-order valence-corrected chi connectivity index (χ2v) is 13.2. The van der Waals surface area contributed by atoms with E-state index < -0.39 is 59.9 Å². The summed E-state index contributed by atoms with van der Waals surface area (Å²) in [5, 5.41) is 16.4. The van der Waals surface area contributed by atoms with Gasteiger partial charge in [-0.2, -0.15) is 0 Å². The molecule has 41 heavy (non-hydrogen) atoms. The summed E-state index contributed by atoms with van der Waals surface area (Å²) >= 11 is 0. The molecule has 1 aliphatic heterocycles. The normalized spacial score (nSPS) is 24.8. The lowest BCUT2D eigenvalue weighted by Gasteiger charge is -2.37. The van der Waals surface area contributed by atoms with Crippen LogP contribution in [0.1, 0.15) is 86.5 Å². The quantitative estimate of drug-likeness (QED) is 0.270. The van der Waals surface area contributed by atoms with Gasteiger partial charge >= 0.3 is 12.1 Å². The molecule has 3 aliphatic rings. The summed E-state index contributed by atoms with van der Waals surface area (Å²) in [4.78, 5) is 78.1. The summed E-state index contributed by atoms with van der Waals surface area (Å²) in [6, 6.07) is -2.88. The van der Waals surface area contributed by atoms with Crippen molar-refractivity contribution in [2.24, 2.45) is 23.2 Å². The van der Waals surface area contributed by atoms with E-state index in [0.29, 0.717) is 13.0 Å². The Kier molecular flexibility index (Phi) is 10.1. The topological polar surface area (TPSA) is 171 Å². The highest BCUT2D eigenvalue weighted by Gasteiger charge is 2.69. The second kappa shape index (κ2) is 12.8. The molecule has 5 atom stereocenters. The molecule has 0 aromatic rings. The Hall–Kier alpha value is -3.18. The molecular formula is C29H46N4O8. The summed E-state index contributed by atoms with van der Waals surface area (Å²) in [6.07, 6.45) is 4.46. The number of hydrogen-bond acceptors (Lipinski definition) is 7. The van der Waals surface area contributed by atoms with Gasteiger partial charge in [0.2, 0.25) is 17.6 Å². The molecule has 1 heterocycles. The number of nitrogens with one attached hydrogen (secondary N) is 3. The fourth-order valence-electron chi connectivity index (χ4n) is 6.49. The minimum Gasteiger partial charge on any atom is -0.480 e. The van der Waals surface area contributed by atoms with Gasteiger partial charge in [0.05, 0.1) is 6.04 Å². The van der Waals surface area contributed by atoms with Crippen LogP contribution in [0.2, 0.25) is 0 Å². The van der Waals surface area contributed by atoms with E-state index >= 15 is 0 Å². The molecule has 1 saturated heterocycles. The van der Waals surface area contributed by atoms with Gasteiger partial charge in [0.1, 0.15) is 24.2 Å². The van der Waals surface area contributed by atoms with Crippen LogP contribution in [-0.4, -0.2) is 82.4 Å². The zero-order valence-electron chi connectivity index (χ0n) is 25.1. The van der Waals surface area contributed by atoms with Crippen molar-refractivity contribution in [3.8, 4) is 0 Å². The second-order valence-electron chi connectivity index (χ2n) is 13.2. The van der Waals surface area contributed by atoms with Gasteiger partial charge in [0.25, 0.3) is 5.91 Å². The first kappa shape index (κ1) is 32.3. The fraction of sp³-hybridized carbons (Fsp3) is 0.793. The first-order valence-electron chi connectivity index (χ1n) is 14.7. The van der Waals surface area contributed by atoms with Crippen molar-refractivity contribution in [3.05, 3.63) is 0 Å². The minimum atomic E-state index is -1.29. The van der Waals surface area contributed by atoms with E-state index in [2.05, 4.69) is 16.0 Å². The molecule has 0 aromatic carbocycles. The number of carboxylic acid groups (broad SMARTS) is 1. The smallest absolute Gasteiger partial charge is 0.408 e. The number of carbonyl (C=O) groups is 6. The van der Waals surface area contributed by atoms with Crippen LogP contribution in [-0.2, 0) is 28.7 Å². The number of Topliss-reactive ketones (excluding diaryl/α,β-unsaturated/α-hetero) is 1. The zero-order chi connectivity index (χ0) is 30.7. The predicted octanol–water partition coefficient (Wildman–Crippen LogP) is 2.00. The number of nitrogens with zero attached hydrogens (tertiary/aromatic N) is 1. The van der Waals surface area contributed by atoms with Gasteiger partial charge in [-0.05, 0) is 63.2 Å². The van der Waals surface area contributed by atoms with E-state index in [1.165, 1.54) is 4.90 Å². The third kappa shape index (κ3) is 7.77. The summed E-state index contributed by atoms with van der Waals surface area (Å²) in [5.41, 5.74) is -0.940. The molecular weight excluding hydrogens is 532 g/mol. The van der Waals surface area contributed by atoms with Crippen LogP contribution in [0.15, 0.2) is 0 Å². The molecule has 4 N–H and O–H groups in total. The van der Waals surface area contributed by atoms with Gasteiger partial charge in [-0.25, -0.2) is 4.79 Å². The molecule has 0 spiro atoms. The van der Waals surface area contributed by atoms with Crippen LogP contribution in [0.5, 0.6) is 0 Å². The number of alkyl carbamates (subject to hydrolysis) is 1. The number of fused-ring (bicyclic) bond motifs is 1. The Morgan fingerprint density at radius 1 is 1.02 bits per heavy atom. The number of ether oxygens (including phenoxy) is 1. The van der Waals surface area contributed by atoms with Crippen molar-refractivity contribution in [1.82, 2.24) is 20.9 Å². The number of ketones is 1. The van der Waals surface area contributed by atoms with Crippen LogP contribution in [0.3, 0.4) is 0 Å². The van der Waals surface area contributed by atoms with Crippen molar-refractivity contribution >= 4 is 35.6 Å². The van der Waals surface area contributed by atoms with Crippen molar-refractivity contribution in [2.75, 3.05) is 13.1 Å². The average molecular weight is 579 g/mol. The van der Waals surface area contributed by atoms with Crippen molar-refractivity contribution < 1.29 is 38.6 Å². The highest BCUT2D eigenvalue weighted by Crippen LogP contribution is 2.65. The lowest BCUT2D eigenvalue weighted by Crippen LogP contribution is -2.60. The van der Waals surface area contributed by atoms with Crippen LogP contribution < -0.4 is 16.0 Å². The summed E-state index contributed by atoms with van der Waals surface area (Å²) in [6.45, 7) is 10.7. The van der Waals surface area contributed by atoms with Crippen LogP contribution in [0, 0.1) is 23.2 Å². The molecule has 0 bridgehead atoms. The summed E-state index contributed by atoms with van der Waals surface area (Å²) < 4.78 is 5.46. The van der Waals surface area contributed by atoms with E-state index in [1.807, 2.05) is 13.8 Å². The van der Waals surface area contributed by atoms with E-state index in [-0.39, 0.29) is 35.5 Å². The molecule has 0 aromatic heterocycles. The Morgan fingerprint density at radius 2 is 1.66 bits per heavy atom. The summed E-state index contributed by atoms with van der Waals surface area (Å²) in [5.74, 6) is -4.35. The number of carbonyl (C=O) groups excluding carboxylic acids is 5. The fourth-order valence-corrected chi connectivity index (χ4v) is 6.49. The highest BCUT2D eigenvalue weighted by atomic mass is 16.6. The highest BCUT2D eigenvalue weighted by molar-refractivity contribution is 6.38. The predicted molar refractivity (Wildman–Crippen MR) is 148 cm³/mol. The number of aliphatic carboxylic acids is 1. The molecule has 3 rings (SSSR count). The maximum Gasteiger partial charge on any atom is 0.408 e. The number of piperidine rings is 1. The van der Waals surface area contributed by atoms with E-state index in [1.54, 1.807) is 27.7 Å². The molecule has 3 unspecified atom stereocenters. The number of rotatable bonds is 11. The lowest BCUT2D eigenvalue weighted by atomic mass is 9.83. The first-order chi connectivity index (χ1) is 19.1. The first-order valence-corrected chi connectivity index (χ1v) is 14.7. The van der Waals surface area contributed by atoms with Crippen LogP contribution >= 0.6 is 0 Å². The van der Waals surface area contributed by atoms with E-state index in [4.69, 9.17) is 9.84 Å². The van der Waals surface area contributed by atoms with Crippen LogP contribution in [0.4, 0.5) is 4.79 Å². The molecule has 0 radical (unpaired) electrons. The van der Waals surface area contributed by atoms with Gasteiger partial charge in [-0.15, -0.1) is 0 Å². The van der Waals surface area contributed by atoms with Crippen LogP contribution in [0.25, 0.3) is 0 Å².